The molecule has 0 aliphatic heterocycles. The minimum Gasteiger partial charge on any atom is -0.309 e. The summed E-state index contributed by atoms with van der Waals surface area (Å²) in [6, 6.07) is 65.8. The van der Waals surface area contributed by atoms with Crippen LogP contribution in [0.15, 0.2) is 176 Å². The summed E-state index contributed by atoms with van der Waals surface area (Å²) >= 11 is 1.88. The number of anilines is 3. The van der Waals surface area contributed by atoms with Gasteiger partial charge < -0.3 is 4.90 Å². The molecule has 2 heteroatoms. The van der Waals surface area contributed by atoms with E-state index in [1.807, 2.05) is 11.3 Å². The maximum atomic E-state index is 2.54. The highest BCUT2D eigenvalue weighted by Crippen LogP contribution is 2.57. The summed E-state index contributed by atoms with van der Waals surface area (Å²) in [7, 11) is 0. The van der Waals surface area contributed by atoms with Crippen LogP contribution in [0.25, 0.3) is 64.7 Å². The van der Waals surface area contributed by atoms with E-state index in [9.17, 15) is 0 Å². The molecule has 0 amide bonds. The zero-order chi connectivity index (χ0) is 37.8. The zero-order valence-electron chi connectivity index (χ0n) is 32.1. The summed E-state index contributed by atoms with van der Waals surface area (Å²) in [6.45, 7) is 9.48. The number of rotatable bonds is 5. The van der Waals surface area contributed by atoms with Crippen molar-refractivity contribution in [1.82, 2.24) is 0 Å². The number of hydrogen-bond acceptors (Lipinski definition) is 2. The molecule has 1 heterocycles. The number of nitrogens with zero attached hydrogens (tertiary/aromatic N) is 1. The molecule has 0 unspecified atom stereocenters. The lowest BCUT2D eigenvalue weighted by Crippen LogP contribution is -2.16. The summed E-state index contributed by atoms with van der Waals surface area (Å²) in [5.41, 5.74) is 19.0. The van der Waals surface area contributed by atoms with Crippen molar-refractivity contribution in [3.63, 3.8) is 0 Å². The number of thiophene rings is 1. The molecule has 0 fully saturated rings. The van der Waals surface area contributed by atoms with Gasteiger partial charge in [0.05, 0.1) is 11.4 Å². The molecule has 1 nitrogen and oxygen atoms in total. The fourth-order valence-electron chi connectivity index (χ4n) is 9.93. The molecule has 9 aromatic rings. The van der Waals surface area contributed by atoms with Gasteiger partial charge in [-0.05, 0) is 92.0 Å². The highest BCUT2D eigenvalue weighted by atomic mass is 32.1. The molecular formula is C54H41NS. The quantitative estimate of drug-likeness (QED) is 0.170. The van der Waals surface area contributed by atoms with E-state index < -0.39 is 0 Å². The van der Waals surface area contributed by atoms with E-state index in [0.29, 0.717) is 0 Å². The van der Waals surface area contributed by atoms with Crippen LogP contribution in [0, 0.1) is 0 Å². The normalized spacial score (nSPS) is 14.4. The predicted molar refractivity (Wildman–Crippen MR) is 240 cm³/mol. The van der Waals surface area contributed by atoms with Crippen LogP contribution >= 0.6 is 11.3 Å². The first-order chi connectivity index (χ1) is 27.3. The van der Waals surface area contributed by atoms with Crippen molar-refractivity contribution in [3.05, 3.63) is 198 Å². The third-order valence-electron chi connectivity index (χ3n) is 12.7. The molecule has 0 atom stereocenters. The number of para-hydroxylation sites is 1. The van der Waals surface area contributed by atoms with Crippen LogP contribution in [-0.4, -0.2) is 0 Å². The summed E-state index contributed by atoms with van der Waals surface area (Å²) in [6.07, 6.45) is 0. The van der Waals surface area contributed by atoms with Gasteiger partial charge in [0.15, 0.2) is 0 Å². The Kier molecular flexibility index (Phi) is 7.18. The Labute approximate surface area is 333 Å². The molecule has 0 N–H and O–H groups in total. The monoisotopic (exact) mass is 735 g/mol. The first kappa shape index (κ1) is 33.1. The largest absolute Gasteiger partial charge is 0.309 e. The van der Waals surface area contributed by atoms with Gasteiger partial charge >= 0.3 is 0 Å². The molecular weight excluding hydrogens is 695 g/mol. The second-order valence-electron chi connectivity index (χ2n) is 16.5. The van der Waals surface area contributed by atoms with Crippen molar-refractivity contribution in [1.29, 1.82) is 0 Å². The van der Waals surface area contributed by atoms with Crippen molar-refractivity contribution >= 4 is 48.6 Å². The molecule has 2 aliphatic rings. The van der Waals surface area contributed by atoms with E-state index in [4.69, 9.17) is 0 Å². The van der Waals surface area contributed by atoms with Crippen molar-refractivity contribution < 1.29 is 0 Å². The average Bonchev–Trinajstić information content (AvgIpc) is 3.81. The van der Waals surface area contributed by atoms with Gasteiger partial charge in [-0.25, -0.2) is 0 Å². The molecule has 2 aliphatic carbocycles. The van der Waals surface area contributed by atoms with E-state index in [-0.39, 0.29) is 10.8 Å². The molecule has 0 saturated carbocycles. The van der Waals surface area contributed by atoms with Crippen LogP contribution in [-0.2, 0) is 10.8 Å². The van der Waals surface area contributed by atoms with Crippen molar-refractivity contribution in [2.45, 2.75) is 38.5 Å². The smallest absolute Gasteiger partial charge is 0.0543 e. The first-order valence-electron chi connectivity index (χ1n) is 19.7. The second-order valence-corrected chi connectivity index (χ2v) is 17.6. The summed E-state index contributed by atoms with van der Waals surface area (Å²) in [4.78, 5) is 2.54. The van der Waals surface area contributed by atoms with E-state index in [1.165, 1.54) is 92.6 Å². The van der Waals surface area contributed by atoms with Crippen LogP contribution in [0.5, 0.6) is 0 Å². The van der Waals surface area contributed by atoms with Gasteiger partial charge in [0.25, 0.3) is 0 Å². The third kappa shape index (κ3) is 4.72. The van der Waals surface area contributed by atoms with Gasteiger partial charge in [0.2, 0.25) is 0 Å². The van der Waals surface area contributed by atoms with Crippen LogP contribution < -0.4 is 4.90 Å². The summed E-state index contributed by atoms with van der Waals surface area (Å²) in [5, 5.41) is 2.65. The van der Waals surface area contributed by atoms with Gasteiger partial charge in [-0.1, -0.05) is 167 Å². The highest BCUT2D eigenvalue weighted by Gasteiger charge is 2.39. The molecule has 268 valence electrons. The van der Waals surface area contributed by atoms with Crippen LogP contribution in [0.4, 0.5) is 17.1 Å². The van der Waals surface area contributed by atoms with Gasteiger partial charge in [0.1, 0.15) is 0 Å². The molecule has 11 rings (SSSR count). The van der Waals surface area contributed by atoms with Crippen molar-refractivity contribution in [3.8, 4) is 44.5 Å². The maximum absolute atomic E-state index is 2.54. The maximum Gasteiger partial charge on any atom is 0.0543 e. The van der Waals surface area contributed by atoms with E-state index in [0.717, 1.165) is 11.4 Å². The van der Waals surface area contributed by atoms with E-state index >= 15 is 0 Å². The highest BCUT2D eigenvalue weighted by molar-refractivity contribution is 7.25. The van der Waals surface area contributed by atoms with Crippen LogP contribution in [0.3, 0.4) is 0 Å². The second kappa shape index (κ2) is 12.1. The fourth-order valence-corrected chi connectivity index (χ4v) is 11.1. The van der Waals surface area contributed by atoms with Crippen molar-refractivity contribution in [2.75, 3.05) is 4.90 Å². The minimum absolute atomic E-state index is 0.0873. The molecule has 0 saturated heterocycles. The van der Waals surface area contributed by atoms with Gasteiger partial charge in [-0.3, -0.25) is 0 Å². The Bertz CT molecular complexity index is 3050. The van der Waals surface area contributed by atoms with Crippen molar-refractivity contribution in [2.24, 2.45) is 0 Å². The Morgan fingerprint density at radius 1 is 0.375 bits per heavy atom. The van der Waals surface area contributed by atoms with E-state index in [1.54, 1.807) is 0 Å². The lowest BCUT2D eigenvalue weighted by molar-refractivity contribution is 0.660. The average molecular weight is 736 g/mol. The van der Waals surface area contributed by atoms with Gasteiger partial charge in [-0.2, -0.15) is 0 Å². The Morgan fingerprint density at radius 3 is 1.70 bits per heavy atom. The number of benzene rings is 8. The number of hydrogen-bond donors (Lipinski definition) is 0. The number of fused-ring (bicyclic) bond motifs is 9. The Balaban J connectivity index is 1.16. The first-order valence-corrected chi connectivity index (χ1v) is 20.5. The Morgan fingerprint density at radius 2 is 0.911 bits per heavy atom. The summed E-state index contributed by atoms with van der Waals surface area (Å²) in [5.74, 6) is 0. The SMILES string of the molecule is CC1(C)c2ccccc2-c2c(-c3ccccc3N(c3cccc(-c4ccc5c(c4)sc4ccccc45)c3)c3cccc4c3-c3ccccc3C4(C)C)cccc21. The zero-order valence-corrected chi connectivity index (χ0v) is 32.9. The molecule has 56 heavy (non-hydrogen) atoms. The molecule has 8 aromatic carbocycles. The summed E-state index contributed by atoms with van der Waals surface area (Å²) < 4.78 is 2.65. The Hall–Kier alpha value is -6.22. The molecule has 0 spiro atoms. The van der Waals surface area contributed by atoms with Crippen LogP contribution in [0.2, 0.25) is 0 Å². The van der Waals surface area contributed by atoms with Gasteiger partial charge in [0, 0.05) is 47.8 Å². The molecule has 1 aromatic heterocycles. The van der Waals surface area contributed by atoms with Crippen LogP contribution in [0.1, 0.15) is 49.9 Å². The lowest BCUT2D eigenvalue weighted by atomic mass is 9.82. The fraction of sp³-hybridized carbons (Fsp3) is 0.111. The van der Waals surface area contributed by atoms with E-state index in [2.05, 4.69) is 209 Å². The lowest BCUT2D eigenvalue weighted by Gasteiger charge is -2.31. The predicted octanol–water partition coefficient (Wildman–Crippen LogP) is 15.5. The molecule has 0 bridgehead atoms. The standard InChI is InChI=1S/C54H41NS/c1-53(2)43-23-9-5-20-41(43)51-40(22-14-25-45(51)53)37-18-7-11-27-47(37)55(48-28-15-26-46-52(48)42-21-6-10-24-44(42)54(46,3)4)36-17-13-16-34(32-36)35-30-31-39-38-19-8-12-29-49(38)56-50(39)33-35/h5-33H,1-4H3. The van der Waals surface area contributed by atoms with Gasteiger partial charge in [-0.15, -0.1) is 11.3 Å². The minimum atomic E-state index is -0.121. The molecule has 0 radical (unpaired) electrons. The third-order valence-corrected chi connectivity index (χ3v) is 13.8. The topological polar surface area (TPSA) is 3.24 Å².